The number of halogens is 1. The molecule has 122 valence electrons. The number of benzene rings is 2. The molecule has 0 atom stereocenters. The van der Waals surface area contributed by atoms with E-state index in [1.165, 1.54) is 0 Å². The quantitative estimate of drug-likeness (QED) is 0.860. The average Bonchev–Trinajstić information content (AvgIpc) is 2.55. The van der Waals surface area contributed by atoms with Crippen LogP contribution in [0.1, 0.15) is 17.5 Å². The Morgan fingerprint density at radius 3 is 2.43 bits per heavy atom. The van der Waals surface area contributed by atoms with E-state index in [0.29, 0.717) is 35.1 Å². The third-order valence-corrected chi connectivity index (χ3v) is 3.95. The molecule has 0 aromatic heterocycles. The Labute approximate surface area is 141 Å². The number of amides is 1. The maximum absolute atomic E-state index is 12.2. The molecule has 0 aliphatic rings. The number of hydrogen-bond acceptors (Lipinski definition) is 3. The summed E-state index contributed by atoms with van der Waals surface area (Å²) < 4.78 is 10.5. The third kappa shape index (κ3) is 4.39. The van der Waals surface area contributed by atoms with Crippen LogP contribution in [0.2, 0.25) is 5.02 Å². The van der Waals surface area contributed by atoms with Crippen molar-refractivity contribution in [3.05, 3.63) is 52.5 Å². The second-order valence-electron chi connectivity index (χ2n) is 5.16. The molecule has 0 aliphatic carbocycles. The van der Waals surface area contributed by atoms with Crippen LogP contribution >= 0.6 is 11.6 Å². The van der Waals surface area contributed by atoms with E-state index < -0.39 is 0 Å². The van der Waals surface area contributed by atoms with Gasteiger partial charge in [0.25, 0.3) is 0 Å². The zero-order chi connectivity index (χ0) is 16.8. The number of methoxy groups -OCH3 is 2. The van der Waals surface area contributed by atoms with E-state index in [9.17, 15) is 4.79 Å². The summed E-state index contributed by atoms with van der Waals surface area (Å²) in [5.74, 6) is 1.15. The van der Waals surface area contributed by atoms with Gasteiger partial charge >= 0.3 is 0 Å². The minimum Gasteiger partial charge on any atom is -0.493 e. The van der Waals surface area contributed by atoms with Crippen LogP contribution in [0.25, 0.3) is 0 Å². The highest BCUT2D eigenvalue weighted by Crippen LogP contribution is 2.33. The Balaban J connectivity index is 2.04. The Kier molecular flexibility index (Phi) is 5.88. The van der Waals surface area contributed by atoms with Crippen molar-refractivity contribution in [1.29, 1.82) is 0 Å². The largest absolute Gasteiger partial charge is 0.493 e. The molecule has 1 amide bonds. The molecule has 2 aromatic rings. The van der Waals surface area contributed by atoms with E-state index in [4.69, 9.17) is 21.1 Å². The van der Waals surface area contributed by atoms with Crippen LogP contribution in [0, 0.1) is 6.92 Å². The number of hydrogen-bond donors (Lipinski definition) is 1. The lowest BCUT2D eigenvalue weighted by Gasteiger charge is -2.13. The van der Waals surface area contributed by atoms with E-state index in [-0.39, 0.29) is 5.91 Å². The minimum atomic E-state index is -0.0692. The molecule has 0 saturated carbocycles. The number of ether oxygens (including phenoxy) is 2. The summed E-state index contributed by atoms with van der Waals surface area (Å²) >= 11 is 6.10. The number of carbonyl (C=O) groups excluding carboxylic acids is 1. The van der Waals surface area contributed by atoms with Gasteiger partial charge in [-0.2, -0.15) is 0 Å². The first kappa shape index (κ1) is 17.2. The first-order chi connectivity index (χ1) is 11.0. The Bertz CT molecular complexity index is 701. The summed E-state index contributed by atoms with van der Waals surface area (Å²) in [6.07, 6.45) is 0.954. The van der Waals surface area contributed by atoms with Crippen LogP contribution in [0.3, 0.4) is 0 Å². The fraction of sp³-hybridized carbons (Fsp3) is 0.278. The number of rotatable bonds is 6. The van der Waals surface area contributed by atoms with Gasteiger partial charge in [0.2, 0.25) is 5.91 Å². The predicted molar refractivity (Wildman–Crippen MR) is 92.7 cm³/mol. The van der Waals surface area contributed by atoms with Crippen molar-refractivity contribution in [2.24, 2.45) is 0 Å². The van der Waals surface area contributed by atoms with Crippen molar-refractivity contribution in [3.8, 4) is 11.5 Å². The monoisotopic (exact) mass is 333 g/mol. The fourth-order valence-electron chi connectivity index (χ4n) is 2.28. The number of anilines is 1. The van der Waals surface area contributed by atoms with E-state index >= 15 is 0 Å². The summed E-state index contributed by atoms with van der Waals surface area (Å²) in [4.78, 5) is 12.2. The van der Waals surface area contributed by atoms with Crippen molar-refractivity contribution in [2.75, 3.05) is 19.5 Å². The van der Waals surface area contributed by atoms with Crippen LogP contribution in [0.5, 0.6) is 11.5 Å². The molecule has 0 bridgehead atoms. The highest BCUT2D eigenvalue weighted by Gasteiger charge is 2.11. The lowest BCUT2D eigenvalue weighted by Crippen LogP contribution is -2.13. The molecule has 23 heavy (non-hydrogen) atoms. The van der Waals surface area contributed by atoms with Crippen molar-refractivity contribution in [1.82, 2.24) is 0 Å². The molecule has 0 radical (unpaired) electrons. The van der Waals surface area contributed by atoms with Gasteiger partial charge in [-0.25, -0.2) is 0 Å². The van der Waals surface area contributed by atoms with Gasteiger partial charge in [0.15, 0.2) is 11.5 Å². The molecular weight excluding hydrogens is 314 g/mol. The van der Waals surface area contributed by atoms with Gasteiger partial charge in [-0.05, 0) is 36.6 Å². The highest BCUT2D eigenvalue weighted by molar-refractivity contribution is 6.31. The normalized spacial score (nSPS) is 10.3. The molecule has 2 aromatic carbocycles. The molecule has 0 fully saturated rings. The molecule has 4 nitrogen and oxygen atoms in total. The van der Waals surface area contributed by atoms with Crippen LogP contribution in [0.4, 0.5) is 5.69 Å². The van der Waals surface area contributed by atoms with Crippen LogP contribution in [0.15, 0.2) is 36.4 Å². The topological polar surface area (TPSA) is 47.6 Å². The van der Waals surface area contributed by atoms with Crippen LogP contribution in [-0.2, 0) is 11.2 Å². The van der Waals surface area contributed by atoms with E-state index in [1.807, 2.05) is 37.3 Å². The Morgan fingerprint density at radius 1 is 1.13 bits per heavy atom. The smallest absolute Gasteiger partial charge is 0.224 e. The summed E-state index contributed by atoms with van der Waals surface area (Å²) in [6, 6.07) is 11.1. The maximum atomic E-state index is 12.2. The van der Waals surface area contributed by atoms with Gasteiger partial charge in [0, 0.05) is 23.2 Å². The van der Waals surface area contributed by atoms with Crippen molar-refractivity contribution in [3.63, 3.8) is 0 Å². The molecule has 0 spiro atoms. The van der Waals surface area contributed by atoms with Gasteiger partial charge in [-0.15, -0.1) is 0 Å². The predicted octanol–water partition coefficient (Wildman–Crippen LogP) is 4.24. The SMILES string of the molecule is COc1cc(C)c(NC(=O)CCc2ccccc2Cl)cc1OC. The van der Waals surface area contributed by atoms with Gasteiger partial charge in [0.1, 0.15) is 0 Å². The highest BCUT2D eigenvalue weighted by atomic mass is 35.5. The summed E-state index contributed by atoms with van der Waals surface area (Å²) in [7, 11) is 3.15. The molecule has 0 heterocycles. The molecule has 0 aliphatic heterocycles. The van der Waals surface area contributed by atoms with E-state index in [0.717, 1.165) is 11.1 Å². The number of aryl methyl sites for hydroxylation is 2. The van der Waals surface area contributed by atoms with Crippen molar-refractivity contribution >= 4 is 23.2 Å². The first-order valence-electron chi connectivity index (χ1n) is 7.31. The molecule has 0 saturated heterocycles. The molecule has 5 heteroatoms. The van der Waals surface area contributed by atoms with Gasteiger partial charge < -0.3 is 14.8 Å². The zero-order valence-corrected chi connectivity index (χ0v) is 14.2. The van der Waals surface area contributed by atoms with Crippen molar-refractivity contribution < 1.29 is 14.3 Å². The second-order valence-corrected chi connectivity index (χ2v) is 5.57. The van der Waals surface area contributed by atoms with E-state index in [2.05, 4.69) is 5.32 Å². The zero-order valence-electron chi connectivity index (χ0n) is 13.5. The fourth-order valence-corrected chi connectivity index (χ4v) is 2.51. The van der Waals surface area contributed by atoms with Gasteiger partial charge in [0.05, 0.1) is 14.2 Å². The van der Waals surface area contributed by atoms with Crippen molar-refractivity contribution in [2.45, 2.75) is 19.8 Å². The van der Waals surface area contributed by atoms with Gasteiger partial charge in [-0.3, -0.25) is 4.79 Å². The third-order valence-electron chi connectivity index (χ3n) is 3.58. The molecule has 1 N–H and O–H groups in total. The molecule has 2 rings (SSSR count). The summed E-state index contributed by atoms with van der Waals surface area (Å²) in [5.41, 5.74) is 2.59. The Hall–Kier alpha value is -2.20. The Morgan fingerprint density at radius 2 is 1.78 bits per heavy atom. The lowest BCUT2D eigenvalue weighted by molar-refractivity contribution is -0.116. The number of carbonyl (C=O) groups is 1. The number of nitrogens with one attached hydrogen (secondary N) is 1. The second kappa shape index (κ2) is 7.88. The summed E-state index contributed by atoms with van der Waals surface area (Å²) in [5, 5.41) is 3.59. The van der Waals surface area contributed by atoms with Gasteiger partial charge in [-0.1, -0.05) is 29.8 Å². The van der Waals surface area contributed by atoms with Crippen LogP contribution in [-0.4, -0.2) is 20.1 Å². The molecular formula is C18H20ClNO3. The lowest BCUT2D eigenvalue weighted by atomic mass is 10.1. The minimum absolute atomic E-state index is 0.0692. The van der Waals surface area contributed by atoms with Crippen LogP contribution < -0.4 is 14.8 Å². The van der Waals surface area contributed by atoms with E-state index in [1.54, 1.807) is 20.3 Å². The first-order valence-corrected chi connectivity index (χ1v) is 7.68. The summed E-state index contributed by atoms with van der Waals surface area (Å²) in [6.45, 7) is 1.91. The maximum Gasteiger partial charge on any atom is 0.224 e. The standard InChI is InChI=1S/C18H20ClNO3/c1-12-10-16(22-2)17(23-3)11-15(12)20-18(21)9-8-13-6-4-5-7-14(13)19/h4-7,10-11H,8-9H2,1-3H3,(H,20,21). The average molecular weight is 334 g/mol. The molecule has 0 unspecified atom stereocenters.